The van der Waals surface area contributed by atoms with Gasteiger partial charge in [0, 0.05) is 0 Å². The molecule has 0 radical (unpaired) electrons. The molecule has 6 heteroatoms. The standard InChI is InChI=1S/C9H15F2NO3/c1-6(2)15-7-3-12(8(14)4-13)5-9(7,10)11/h6-7,13H,3-5H2,1-2H3/t7-/m1/s1. The molecule has 0 unspecified atom stereocenters. The molecule has 1 aliphatic heterocycles. The quantitative estimate of drug-likeness (QED) is 0.746. The second-order valence-electron chi connectivity index (χ2n) is 3.87. The van der Waals surface area contributed by atoms with Gasteiger partial charge in [0.15, 0.2) is 0 Å². The first-order valence-electron chi connectivity index (χ1n) is 4.78. The summed E-state index contributed by atoms with van der Waals surface area (Å²) in [5, 5.41) is 8.56. The van der Waals surface area contributed by atoms with Gasteiger partial charge in [-0.2, -0.15) is 0 Å². The van der Waals surface area contributed by atoms with E-state index in [0.29, 0.717) is 0 Å². The van der Waals surface area contributed by atoms with E-state index in [1.165, 1.54) is 0 Å². The van der Waals surface area contributed by atoms with Crippen molar-refractivity contribution in [2.75, 3.05) is 19.7 Å². The minimum absolute atomic E-state index is 0.162. The average molecular weight is 223 g/mol. The first kappa shape index (κ1) is 12.3. The van der Waals surface area contributed by atoms with E-state index in [1.54, 1.807) is 13.8 Å². The van der Waals surface area contributed by atoms with E-state index < -0.39 is 31.1 Å². The van der Waals surface area contributed by atoms with Gasteiger partial charge in [0.2, 0.25) is 5.91 Å². The van der Waals surface area contributed by atoms with E-state index in [0.717, 1.165) is 4.90 Å². The number of hydrogen-bond acceptors (Lipinski definition) is 3. The summed E-state index contributed by atoms with van der Waals surface area (Å²) in [5.41, 5.74) is 0. The van der Waals surface area contributed by atoms with E-state index in [2.05, 4.69) is 0 Å². The summed E-state index contributed by atoms with van der Waals surface area (Å²) in [7, 11) is 0. The van der Waals surface area contributed by atoms with Crippen molar-refractivity contribution in [2.24, 2.45) is 0 Å². The number of hydrogen-bond donors (Lipinski definition) is 1. The van der Waals surface area contributed by atoms with Crippen molar-refractivity contribution in [3.63, 3.8) is 0 Å². The van der Waals surface area contributed by atoms with Gasteiger partial charge in [-0.1, -0.05) is 0 Å². The second kappa shape index (κ2) is 4.40. The van der Waals surface area contributed by atoms with E-state index in [1.807, 2.05) is 0 Å². The van der Waals surface area contributed by atoms with E-state index >= 15 is 0 Å². The molecule has 0 spiro atoms. The summed E-state index contributed by atoms with van der Waals surface area (Å²) in [5.74, 6) is -3.72. The van der Waals surface area contributed by atoms with Gasteiger partial charge in [0.1, 0.15) is 12.7 Å². The minimum atomic E-state index is -3.03. The molecule has 1 amide bonds. The lowest BCUT2D eigenvalue weighted by molar-refractivity contribution is -0.134. The van der Waals surface area contributed by atoms with Crippen molar-refractivity contribution in [3.05, 3.63) is 0 Å². The number of aliphatic hydroxyl groups excluding tert-OH is 1. The summed E-state index contributed by atoms with van der Waals surface area (Å²) in [6, 6.07) is 0. The Morgan fingerprint density at radius 2 is 2.27 bits per heavy atom. The number of likely N-dealkylation sites (tertiary alicyclic amines) is 1. The molecule has 0 aromatic rings. The summed E-state index contributed by atoms with van der Waals surface area (Å²) in [6.07, 6.45) is -1.59. The van der Waals surface area contributed by atoms with Crippen molar-refractivity contribution in [2.45, 2.75) is 32.0 Å². The zero-order valence-corrected chi connectivity index (χ0v) is 8.74. The molecule has 0 bridgehead atoms. The van der Waals surface area contributed by atoms with Crippen LogP contribution in [0.25, 0.3) is 0 Å². The SMILES string of the molecule is CC(C)O[C@@H]1CN(C(=O)CO)CC1(F)F. The Morgan fingerprint density at radius 3 is 2.73 bits per heavy atom. The fourth-order valence-corrected chi connectivity index (χ4v) is 1.52. The van der Waals surface area contributed by atoms with Gasteiger partial charge in [-0.25, -0.2) is 8.78 Å². The highest BCUT2D eigenvalue weighted by atomic mass is 19.3. The molecule has 1 atom stereocenters. The predicted octanol–water partition coefficient (Wildman–Crippen LogP) is 0.250. The van der Waals surface area contributed by atoms with Crippen LogP contribution in [0.15, 0.2) is 0 Å². The van der Waals surface area contributed by atoms with Crippen LogP contribution in [0.3, 0.4) is 0 Å². The normalized spacial score (nSPS) is 24.9. The monoisotopic (exact) mass is 223 g/mol. The molecule has 88 valence electrons. The fourth-order valence-electron chi connectivity index (χ4n) is 1.52. The molecule has 4 nitrogen and oxygen atoms in total. The number of carbonyl (C=O) groups excluding carboxylic acids is 1. The van der Waals surface area contributed by atoms with Crippen LogP contribution < -0.4 is 0 Å². The number of nitrogens with zero attached hydrogens (tertiary/aromatic N) is 1. The summed E-state index contributed by atoms with van der Waals surface area (Å²) < 4.78 is 31.7. The van der Waals surface area contributed by atoms with Crippen LogP contribution in [-0.2, 0) is 9.53 Å². The molecule has 0 aromatic heterocycles. The van der Waals surface area contributed by atoms with Gasteiger partial charge in [0.05, 0.1) is 19.2 Å². The van der Waals surface area contributed by atoms with Crippen molar-refractivity contribution in [3.8, 4) is 0 Å². The van der Waals surface area contributed by atoms with Gasteiger partial charge >= 0.3 is 0 Å². The Labute approximate surface area is 86.8 Å². The van der Waals surface area contributed by atoms with Crippen molar-refractivity contribution >= 4 is 5.91 Å². The van der Waals surface area contributed by atoms with Gasteiger partial charge < -0.3 is 14.7 Å². The van der Waals surface area contributed by atoms with Crippen molar-refractivity contribution in [1.29, 1.82) is 0 Å². The second-order valence-corrected chi connectivity index (χ2v) is 3.87. The van der Waals surface area contributed by atoms with Gasteiger partial charge in [-0.3, -0.25) is 4.79 Å². The Kier molecular flexibility index (Phi) is 3.62. The maximum absolute atomic E-state index is 13.3. The Balaban J connectivity index is 2.63. The highest BCUT2D eigenvalue weighted by molar-refractivity contribution is 5.77. The maximum atomic E-state index is 13.3. The van der Waals surface area contributed by atoms with E-state index in [-0.39, 0.29) is 12.6 Å². The average Bonchev–Trinajstić information content (AvgIpc) is 2.40. The number of ether oxygens (including phenoxy) is 1. The largest absolute Gasteiger partial charge is 0.387 e. The molecule has 0 saturated carbocycles. The molecular formula is C9H15F2NO3. The number of alkyl halides is 2. The molecule has 1 heterocycles. The van der Waals surface area contributed by atoms with Crippen LogP contribution in [0.1, 0.15) is 13.8 Å². The number of rotatable bonds is 3. The van der Waals surface area contributed by atoms with Crippen LogP contribution in [0.2, 0.25) is 0 Å². The third kappa shape index (κ3) is 2.85. The zero-order chi connectivity index (χ0) is 11.6. The molecule has 15 heavy (non-hydrogen) atoms. The van der Waals surface area contributed by atoms with Crippen LogP contribution in [-0.4, -0.2) is 53.7 Å². The van der Waals surface area contributed by atoms with E-state index in [9.17, 15) is 13.6 Å². The zero-order valence-electron chi connectivity index (χ0n) is 8.74. The third-order valence-corrected chi connectivity index (χ3v) is 2.18. The highest BCUT2D eigenvalue weighted by Gasteiger charge is 2.50. The van der Waals surface area contributed by atoms with Crippen molar-refractivity contribution in [1.82, 2.24) is 4.90 Å². The summed E-state index contributed by atoms with van der Waals surface area (Å²) >= 11 is 0. The number of carbonyl (C=O) groups is 1. The van der Waals surface area contributed by atoms with Crippen molar-refractivity contribution < 1.29 is 23.4 Å². The summed E-state index contributed by atoms with van der Waals surface area (Å²) in [4.78, 5) is 11.9. The first-order valence-corrected chi connectivity index (χ1v) is 4.78. The Hall–Kier alpha value is -0.750. The van der Waals surface area contributed by atoms with Crippen LogP contribution in [0.4, 0.5) is 8.78 Å². The summed E-state index contributed by atoms with van der Waals surface area (Å²) in [6.45, 7) is 1.73. The lowest BCUT2D eigenvalue weighted by atomic mass is 10.2. The minimum Gasteiger partial charge on any atom is -0.387 e. The fraction of sp³-hybridized carbons (Fsp3) is 0.889. The maximum Gasteiger partial charge on any atom is 0.292 e. The van der Waals surface area contributed by atoms with Crippen LogP contribution in [0, 0.1) is 0 Å². The first-order chi connectivity index (χ1) is 6.86. The predicted molar refractivity (Wildman–Crippen MR) is 48.6 cm³/mol. The Morgan fingerprint density at radius 1 is 1.67 bits per heavy atom. The number of aliphatic hydroxyl groups is 1. The molecule has 1 N–H and O–H groups in total. The van der Waals surface area contributed by atoms with Crippen LogP contribution in [0.5, 0.6) is 0 Å². The molecule has 1 rings (SSSR count). The smallest absolute Gasteiger partial charge is 0.292 e. The molecule has 0 aromatic carbocycles. The number of halogens is 2. The molecular weight excluding hydrogens is 208 g/mol. The highest BCUT2D eigenvalue weighted by Crippen LogP contribution is 2.30. The lowest BCUT2D eigenvalue weighted by Crippen LogP contribution is -2.35. The van der Waals surface area contributed by atoms with E-state index in [4.69, 9.17) is 9.84 Å². The molecule has 1 saturated heterocycles. The molecule has 1 aliphatic rings. The molecule has 1 fully saturated rings. The van der Waals surface area contributed by atoms with Crippen LogP contribution >= 0.6 is 0 Å². The molecule has 0 aliphatic carbocycles. The number of amides is 1. The van der Waals surface area contributed by atoms with Gasteiger partial charge in [-0.05, 0) is 13.8 Å². The van der Waals surface area contributed by atoms with Gasteiger partial charge in [-0.15, -0.1) is 0 Å². The third-order valence-electron chi connectivity index (χ3n) is 2.18. The topological polar surface area (TPSA) is 49.8 Å². The lowest BCUT2D eigenvalue weighted by Gasteiger charge is -2.19. The van der Waals surface area contributed by atoms with Gasteiger partial charge in [0.25, 0.3) is 5.92 Å². The Bertz CT molecular complexity index is 246.